The topological polar surface area (TPSA) is 64.6 Å². The number of ether oxygens (including phenoxy) is 2. The van der Waals surface area contributed by atoms with Gasteiger partial charge in [0.2, 0.25) is 0 Å². The smallest absolute Gasteiger partial charge is 0.161 e. The largest absolute Gasteiger partial charge is 0.495 e. The number of carbonyl (C=O) groups is 2. The van der Waals surface area contributed by atoms with Crippen LogP contribution in [-0.2, 0) is 9.59 Å². The lowest BCUT2D eigenvalue weighted by Gasteiger charge is -2.37. The molecule has 0 saturated carbocycles. The molecule has 0 radical (unpaired) electrons. The summed E-state index contributed by atoms with van der Waals surface area (Å²) in [6, 6.07) is 1.91. The zero-order chi connectivity index (χ0) is 20.0. The van der Waals surface area contributed by atoms with Gasteiger partial charge in [0.1, 0.15) is 10.2 Å². The van der Waals surface area contributed by atoms with Crippen molar-refractivity contribution in [2.45, 2.75) is 44.4 Å². The van der Waals surface area contributed by atoms with E-state index in [2.05, 4.69) is 37.2 Å². The van der Waals surface area contributed by atoms with Crippen LogP contribution >= 0.6 is 31.9 Å². The molecule has 1 heterocycles. The molecular formula is C21H21Br2NO4. The molecule has 0 atom stereocenters. The highest BCUT2D eigenvalue weighted by atomic mass is 79.9. The number of Topliss-reactive ketones (excluding diaryl/α,β-unsaturated/α-hetero) is 2. The van der Waals surface area contributed by atoms with Crippen LogP contribution < -0.4 is 14.8 Å². The molecule has 1 aromatic rings. The summed E-state index contributed by atoms with van der Waals surface area (Å²) in [7, 11) is 3.18. The monoisotopic (exact) mass is 509 g/mol. The molecule has 5 nitrogen and oxygen atoms in total. The molecule has 0 aromatic heterocycles. The Morgan fingerprint density at radius 2 is 1.43 bits per heavy atom. The normalized spacial score (nSPS) is 20.0. The molecule has 0 spiro atoms. The van der Waals surface area contributed by atoms with Crippen LogP contribution in [0.4, 0.5) is 0 Å². The van der Waals surface area contributed by atoms with Crippen molar-refractivity contribution < 1.29 is 19.1 Å². The van der Waals surface area contributed by atoms with E-state index in [9.17, 15) is 9.59 Å². The van der Waals surface area contributed by atoms with E-state index in [0.29, 0.717) is 40.0 Å². The first-order valence-corrected chi connectivity index (χ1v) is 11.0. The number of carbonyl (C=O) groups excluding carboxylic acids is 2. The highest BCUT2D eigenvalue weighted by Crippen LogP contribution is 2.52. The molecule has 3 aliphatic rings. The van der Waals surface area contributed by atoms with Crippen LogP contribution in [0.5, 0.6) is 11.5 Å². The van der Waals surface area contributed by atoms with E-state index in [1.165, 1.54) is 0 Å². The van der Waals surface area contributed by atoms with Gasteiger partial charge in [0.15, 0.2) is 17.3 Å². The van der Waals surface area contributed by atoms with Gasteiger partial charge in [-0.3, -0.25) is 9.59 Å². The lowest BCUT2D eigenvalue weighted by Crippen LogP contribution is -2.36. The third-order valence-electron chi connectivity index (χ3n) is 5.67. The predicted octanol–water partition coefficient (Wildman–Crippen LogP) is 4.93. The predicted molar refractivity (Wildman–Crippen MR) is 113 cm³/mol. The summed E-state index contributed by atoms with van der Waals surface area (Å²) in [6.45, 7) is 0. The molecule has 0 saturated heterocycles. The van der Waals surface area contributed by atoms with Crippen molar-refractivity contribution in [3.8, 4) is 11.5 Å². The summed E-state index contributed by atoms with van der Waals surface area (Å²) in [5.74, 6) is 0.994. The molecule has 1 N–H and O–H groups in total. The number of halogens is 2. The minimum atomic E-state index is -0.416. The van der Waals surface area contributed by atoms with Crippen LogP contribution in [0.2, 0.25) is 0 Å². The van der Waals surface area contributed by atoms with Gasteiger partial charge in [0.25, 0.3) is 0 Å². The third kappa shape index (κ3) is 3.03. The van der Waals surface area contributed by atoms with Crippen molar-refractivity contribution in [3.05, 3.63) is 43.1 Å². The second-order valence-electron chi connectivity index (χ2n) is 7.22. The van der Waals surface area contributed by atoms with Gasteiger partial charge in [-0.2, -0.15) is 0 Å². The Kier molecular flexibility index (Phi) is 5.40. The number of benzene rings is 1. The Bertz CT molecular complexity index is 906. The number of allylic oxidation sites excluding steroid dienone is 4. The second-order valence-corrected chi connectivity index (χ2v) is 8.87. The fraction of sp³-hybridized carbons (Fsp3) is 0.429. The van der Waals surface area contributed by atoms with Gasteiger partial charge < -0.3 is 14.8 Å². The van der Waals surface area contributed by atoms with Crippen LogP contribution in [-0.4, -0.2) is 25.8 Å². The van der Waals surface area contributed by atoms with Gasteiger partial charge in [0, 0.05) is 46.9 Å². The maximum atomic E-state index is 13.0. The molecule has 28 heavy (non-hydrogen) atoms. The summed E-state index contributed by atoms with van der Waals surface area (Å²) in [4.78, 5) is 25.9. The Morgan fingerprint density at radius 3 is 1.93 bits per heavy atom. The summed E-state index contributed by atoms with van der Waals surface area (Å²) in [5, 5.41) is 3.44. The lowest BCUT2D eigenvalue weighted by molar-refractivity contribution is -0.116. The SMILES string of the molecule is COc1c(Br)cc(C2C3=C(CCCC3=O)NC3=C2C(=O)CCC3)c(OC)c1Br. The maximum absolute atomic E-state index is 13.0. The number of ketones is 2. The van der Waals surface area contributed by atoms with Crippen molar-refractivity contribution >= 4 is 43.4 Å². The van der Waals surface area contributed by atoms with Crippen molar-refractivity contribution in [2.75, 3.05) is 14.2 Å². The second kappa shape index (κ2) is 7.67. The minimum Gasteiger partial charge on any atom is -0.495 e. The van der Waals surface area contributed by atoms with Crippen LogP contribution in [0.25, 0.3) is 0 Å². The first-order chi connectivity index (χ1) is 13.5. The standard InChI is InChI=1S/C21H21Br2NO4/c1-27-20-10(9-11(22)21(28-2)19(20)23)16-17-12(5-3-7-14(17)25)24-13-6-4-8-15(26)18(13)16/h9,16,24H,3-8H2,1-2H3. The number of nitrogens with one attached hydrogen (secondary N) is 1. The van der Waals surface area contributed by atoms with E-state index >= 15 is 0 Å². The summed E-state index contributed by atoms with van der Waals surface area (Å²) < 4.78 is 12.6. The van der Waals surface area contributed by atoms with Crippen LogP contribution in [0, 0.1) is 0 Å². The average Bonchev–Trinajstić information content (AvgIpc) is 2.67. The van der Waals surface area contributed by atoms with Gasteiger partial charge in [-0.05, 0) is 63.6 Å². The number of hydrogen-bond acceptors (Lipinski definition) is 5. The third-order valence-corrected chi connectivity index (χ3v) is 6.98. The van der Waals surface area contributed by atoms with Gasteiger partial charge in [-0.15, -0.1) is 0 Å². The van der Waals surface area contributed by atoms with E-state index in [0.717, 1.165) is 47.1 Å². The summed E-state index contributed by atoms with van der Waals surface area (Å²) in [6.07, 6.45) is 4.33. The first-order valence-electron chi connectivity index (χ1n) is 9.37. The highest BCUT2D eigenvalue weighted by Gasteiger charge is 2.42. The van der Waals surface area contributed by atoms with Gasteiger partial charge in [-0.25, -0.2) is 0 Å². The fourth-order valence-electron chi connectivity index (χ4n) is 4.51. The average molecular weight is 511 g/mol. The summed E-state index contributed by atoms with van der Waals surface area (Å²) >= 11 is 7.14. The van der Waals surface area contributed by atoms with E-state index in [-0.39, 0.29) is 11.6 Å². The van der Waals surface area contributed by atoms with Crippen molar-refractivity contribution in [2.24, 2.45) is 0 Å². The number of rotatable bonds is 3. The zero-order valence-electron chi connectivity index (χ0n) is 15.8. The number of dihydropyridines is 1. The molecule has 1 aromatic carbocycles. The van der Waals surface area contributed by atoms with Gasteiger partial charge in [-0.1, -0.05) is 0 Å². The Labute approximate surface area is 180 Å². The number of methoxy groups -OCH3 is 2. The lowest BCUT2D eigenvalue weighted by atomic mass is 9.71. The number of hydrogen-bond donors (Lipinski definition) is 1. The van der Waals surface area contributed by atoms with E-state index < -0.39 is 5.92 Å². The fourth-order valence-corrected chi connectivity index (χ4v) is 6.14. The maximum Gasteiger partial charge on any atom is 0.161 e. The molecule has 2 aliphatic carbocycles. The van der Waals surface area contributed by atoms with E-state index in [1.54, 1.807) is 14.2 Å². The van der Waals surface area contributed by atoms with Crippen LogP contribution in [0.3, 0.4) is 0 Å². The zero-order valence-corrected chi connectivity index (χ0v) is 19.0. The Balaban J connectivity index is 2.00. The van der Waals surface area contributed by atoms with Crippen molar-refractivity contribution in [3.63, 3.8) is 0 Å². The molecule has 0 amide bonds. The Morgan fingerprint density at radius 1 is 0.893 bits per heavy atom. The quantitative estimate of drug-likeness (QED) is 0.624. The molecule has 4 rings (SSSR count). The van der Waals surface area contributed by atoms with Crippen molar-refractivity contribution in [1.29, 1.82) is 0 Å². The molecular weight excluding hydrogens is 490 g/mol. The Hall–Kier alpha value is -1.60. The van der Waals surface area contributed by atoms with Gasteiger partial charge >= 0.3 is 0 Å². The highest BCUT2D eigenvalue weighted by molar-refractivity contribution is 9.11. The molecule has 0 unspecified atom stereocenters. The molecule has 148 valence electrons. The molecule has 1 aliphatic heterocycles. The first kappa shape index (κ1) is 19.7. The van der Waals surface area contributed by atoms with E-state index in [4.69, 9.17) is 9.47 Å². The minimum absolute atomic E-state index is 0.105. The van der Waals surface area contributed by atoms with Crippen LogP contribution in [0.15, 0.2) is 37.6 Å². The molecule has 0 bridgehead atoms. The summed E-state index contributed by atoms with van der Waals surface area (Å²) in [5.41, 5.74) is 4.14. The molecule has 7 heteroatoms. The molecule has 0 fully saturated rings. The van der Waals surface area contributed by atoms with E-state index in [1.807, 2.05) is 6.07 Å². The van der Waals surface area contributed by atoms with Crippen LogP contribution in [0.1, 0.15) is 50.0 Å². The van der Waals surface area contributed by atoms with Crippen molar-refractivity contribution in [1.82, 2.24) is 5.32 Å². The van der Waals surface area contributed by atoms with Gasteiger partial charge in [0.05, 0.1) is 18.7 Å².